The largest absolute Gasteiger partial charge is 0.507 e. The van der Waals surface area contributed by atoms with Crippen molar-refractivity contribution in [1.29, 1.82) is 0 Å². The van der Waals surface area contributed by atoms with Gasteiger partial charge in [-0.2, -0.15) is 0 Å². The van der Waals surface area contributed by atoms with Crippen LogP contribution in [0.2, 0.25) is 0 Å². The lowest BCUT2D eigenvalue weighted by Crippen LogP contribution is -2.38. The quantitative estimate of drug-likeness (QED) is 0.752. The van der Waals surface area contributed by atoms with Crippen molar-refractivity contribution in [1.82, 2.24) is 5.32 Å². The van der Waals surface area contributed by atoms with E-state index in [1.807, 2.05) is 12.1 Å². The minimum absolute atomic E-state index is 0.195. The van der Waals surface area contributed by atoms with Crippen LogP contribution >= 0.6 is 15.9 Å². The molecule has 1 aromatic rings. The molecular formula is C14H20BrNO2. The summed E-state index contributed by atoms with van der Waals surface area (Å²) in [6.07, 6.45) is 5.25. The number of hydrogen-bond donors (Lipinski definition) is 3. The number of nitrogens with one attached hydrogen (secondary N) is 1. The monoisotopic (exact) mass is 313 g/mol. The molecule has 2 atom stereocenters. The number of phenolic OH excluding ortho intramolecular Hbond substituents is 1. The molecule has 3 nitrogen and oxygen atoms in total. The third-order valence-corrected chi connectivity index (χ3v) is 4.20. The lowest BCUT2D eigenvalue weighted by atomic mass is 10.1. The second kappa shape index (κ2) is 6.55. The van der Waals surface area contributed by atoms with E-state index < -0.39 is 0 Å². The van der Waals surface area contributed by atoms with Crippen LogP contribution in [0.3, 0.4) is 0 Å². The number of benzene rings is 1. The van der Waals surface area contributed by atoms with E-state index in [2.05, 4.69) is 21.2 Å². The van der Waals surface area contributed by atoms with Gasteiger partial charge in [0.05, 0.1) is 10.6 Å². The molecule has 0 radical (unpaired) electrons. The number of phenols is 1. The van der Waals surface area contributed by atoms with Gasteiger partial charge in [-0.15, -0.1) is 0 Å². The lowest BCUT2D eigenvalue weighted by molar-refractivity contribution is 0.119. The number of aromatic hydroxyl groups is 1. The van der Waals surface area contributed by atoms with Crippen LogP contribution in [-0.4, -0.2) is 22.4 Å². The van der Waals surface area contributed by atoms with Crippen LogP contribution in [0.4, 0.5) is 0 Å². The summed E-state index contributed by atoms with van der Waals surface area (Å²) in [7, 11) is 0. The first-order chi connectivity index (χ1) is 8.66. The van der Waals surface area contributed by atoms with Gasteiger partial charge in [-0.3, -0.25) is 0 Å². The fourth-order valence-corrected chi connectivity index (χ4v) is 2.86. The second-order valence-electron chi connectivity index (χ2n) is 4.98. The highest BCUT2D eigenvalue weighted by atomic mass is 79.9. The molecule has 0 amide bonds. The smallest absolute Gasteiger partial charge is 0.129 e. The van der Waals surface area contributed by atoms with Gasteiger partial charge in [0.2, 0.25) is 0 Å². The number of aliphatic hydroxyl groups excluding tert-OH is 1. The molecule has 0 bridgehead atoms. The van der Waals surface area contributed by atoms with Crippen LogP contribution in [0.15, 0.2) is 22.7 Å². The van der Waals surface area contributed by atoms with Crippen LogP contribution in [0.1, 0.15) is 37.7 Å². The molecular weight excluding hydrogens is 294 g/mol. The Labute approximate surface area is 116 Å². The molecule has 1 fully saturated rings. The molecule has 1 aliphatic carbocycles. The van der Waals surface area contributed by atoms with E-state index in [0.717, 1.165) is 31.4 Å². The van der Waals surface area contributed by atoms with Crippen LogP contribution < -0.4 is 5.32 Å². The maximum atomic E-state index is 10.0. The minimum atomic E-state index is -0.229. The van der Waals surface area contributed by atoms with Gasteiger partial charge in [0.15, 0.2) is 0 Å². The summed E-state index contributed by atoms with van der Waals surface area (Å²) < 4.78 is 0.711. The normalized spacial score (nSPS) is 24.8. The maximum Gasteiger partial charge on any atom is 0.129 e. The molecule has 0 heterocycles. The lowest BCUT2D eigenvalue weighted by Gasteiger charge is -2.22. The Hall–Kier alpha value is -0.580. The van der Waals surface area contributed by atoms with Gasteiger partial charge in [-0.1, -0.05) is 25.3 Å². The molecule has 1 saturated carbocycles. The van der Waals surface area contributed by atoms with Gasteiger partial charge in [0.1, 0.15) is 5.75 Å². The van der Waals surface area contributed by atoms with Crippen molar-refractivity contribution >= 4 is 15.9 Å². The van der Waals surface area contributed by atoms with Crippen molar-refractivity contribution in [3.63, 3.8) is 0 Å². The first-order valence-electron chi connectivity index (χ1n) is 6.55. The maximum absolute atomic E-state index is 10.0. The average Bonchev–Trinajstić information content (AvgIpc) is 2.56. The van der Waals surface area contributed by atoms with E-state index in [1.54, 1.807) is 6.07 Å². The van der Waals surface area contributed by atoms with Gasteiger partial charge >= 0.3 is 0 Å². The summed E-state index contributed by atoms with van der Waals surface area (Å²) >= 11 is 3.31. The van der Waals surface area contributed by atoms with E-state index in [0.29, 0.717) is 4.47 Å². The minimum Gasteiger partial charge on any atom is -0.507 e. The predicted molar refractivity (Wildman–Crippen MR) is 75.5 cm³/mol. The van der Waals surface area contributed by atoms with Crippen molar-refractivity contribution < 1.29 is 10.2 Å². The number of rotatable bonds is 3. The Kier molecular flexibility index (Phi) is 5.03. The third-order valence-electron chi connectivity index (χ3n) is 3.56. The fraction of sp³-hybridized carbons (Fsp3) is 0.571. The fourth-order valence-electron chi connectivity index (χ4n) is 2.44. The zero-order chi connectivity index (χ0) is 13.0. The topological polar surface area (TPSA) is 52.5 Å². The van der Waals surface area contributed by atoms with Gasteiger partial charge in [-0.25, -0.2) is 0 Å². The number of halogens is 1. The van der Waals surface area contributed by atoms with Crippen LogP contribution in [0.25, 0.3) is 0 Å². The predicted octanol–water partition coefficient (Wildman–Crippen LogP) is 2.94. The molecule has 0 aromatic heterocycles. The van der Waals surface area contributed by atoms with Crippen molar-refractivity contribution in [2.45, 2.75) is 50.8 Å². The SMILES string of the molecule is Oc1ccc(CNC2CCCCCC2O)cc1Br. The molecule has 18 heavy (non-hydrogen) atoms. The summed E-state index contributed by atoms with van der Waals surface area (Å²) in [6, 6.07) is 5.69. The Bertz CT molecular complexity index is 397. The zero-order valence-corrected chi connectivity index (χ0v) is 12.0. The highest BCUT2D eigenvalue weighted by Crippen LogP contribution is 2.24. The average molecular weight is 314 g/mol. The molecule has 2 unspecified atom stereocenters. The summed E-state index contributed by atoms with van der Waals surface area (Å²) in [5.74, 6) is 0.258. The molecule has 0 saturated heterocycles. The number of aliphatic hydroxyl groups is 1. The number of hydrogen-bond acceptors (Lipinski definition) is 3. The Morgan fingerprint density at radius 3 is 2.78 bits per heavy atom. The molecule has 100 valence electrons. The molecule has 4 heteroatoms. The van der Waals surface area contributed by atoms with Crippen molar-refractivity contribution in [2.75, 3.05) is 0 Å². The van der Waals surface area contributed by atoms with E-state index in [9.17, 15) is 10.2 Å². The summed E-state index contributed by atoms with van der Waals surface area (Å²) in [6.45, 7) is 0.723. The van der Waals surface area contributed by atoms with Gasteiger partial charge in [-0.05, 0) is 46.5 Å². The Balaban J connectivity index is 1.91. The summed E-state index contributed by atoms with van der Waals surface area (Å²) in [4.78, 5) is 0. The first kappa shape index (κ1) is 13.8. The van der Waals surface area contributed by atoms with Crippen molar-refractivity contribution in [3.05, 3.63) is 28.2 Å². The van der Waals surface area contributed by atoms with Gasteiger partial charge in [0, 0.05) is 12.6 Å². The van der Waals surface area contributed by atoms with E-state index in [-0.39, 0.29) is 17.9 Å². The summed E-state index contributed by atoms with van der Waals surface area (Å²) in [5.41, 5.74) is 1.11. The molecule has 1 aliphatic rings. The van der Waals surface area contributed by atoms with E-state index in [4.69, 9.17) is 0 Å². The molecule has 2 rings (SSSR count). The molecule has 0 spiro atoms. The van der Waals surface area contributed by atoms with Gasteiger partial charge < -0.3 is 15.5 Å². The Morgan fingerprint density at radius 2 is 2.00 bits per heavy atom. The van der Waals surface area contributed by atoms with Crippen molar-refractivity contribution in [2.24, 2.45) is 0 Å². The van der Waals surface area contributed by atoms with E-state index in [1.165, 1.54) is 12.8 Å². The third kappa shape index (κ3) is 3.70. The van der Waals surface area contributed by atoms with E-state index >= 15 is 0 Å². The molecule has 0 aliphatic heterocycles. The molecule has 1 aromatic carbocycles. The van der Waals surface area contributed by atoms with Crippen LogP contribution in [0.5, 0.6) is 5.75 Å². The highest BCUT2D eigenvalue weighted by Gasteiger charge is 2.20. The van der Waals surface area contributed by atoms with Gasteiger partial charge in [0.25, 0.3) is 0 Å². The van der Waals surface area contributed by atoms with Crippen molar-refractivity contribution in [3.8, 4) is 5.75 Å². The second-order valence-corrected chi connectivity index (χ2v) is 5.83. The Morgan fingerprint density at radius 1 is 1.22 bits per heavy atom. The summed E-state index contributed by atoms with van der Waals surface area (Å²) in [5, 5.41) is 22.9. The standard InChI is InChI=1S/C14H20BrNO2/c15-11-8-10(6-7-13(11)17)9-16-12-4-2-1-3-5-14(12)18/h6-8,12,14,16-18H,1-5,9H2. The zero-order valence-electron chi connectivity index (χ0n) is 10.4. The first-order valence-corrected chi connectivity index (χ1v) is 7.35. The molecule has 3 N–H and O–H groups in total. The van der Waals surface area contributed by atoms with Crippen LogP contribution in [0, 0.1) is 0 Å². The highest BCUT2D eigenvalue weighted by molar-refractivity contribution is 9.10. The van der Waals surface area contributed by atoms with Crippen LogP contribution in [-0.2, 0) is 6.54 Å².